The van der Waals surface area contributed by atoms with Crippen LogP contribution in [0.15, 0.2) is 54.9 Å². The number of benzene rings is 1. The molecule has 0 aliphatic carbocycles. The van der Waals surface area contributed by atoms with Gasteiger partial charge in [-0.3, -0.25) is 0 Å². The summed E-state index contributed by atoms with van der Waals surface area (Å²) < 4.78 is 11.9. The van der Waals surface area contributed by atoms with E-state index in [-0.39, 0.29) is 11.7 Å². The number of pyridine rings is 1. The number of anilines is 2. The minimum absolute atomic E-state index is 0.241. The Morgan fingerprint density at radius 1 is 1.12 bits per heavy atom. The summed E-state index contributed by atoms with van der Waals surface area (Å²) >= 11 is 0. The van der Waals surface area contributed by atoms with Gasteiger partial charge >= 0.3 is 12.0 Å². The Balaban J connectivity index is 1.33. The summed E-state index contributed by atoms with van der Waals surface area (Å²) in [5.74, 6) is 0.406. The van der Waals surface area contributed by atoms with Crippen molar-refractivity contribution in [1.82, 2.24) is 20.1 Å². The van der Waals surface area contributed by atoms with Crippen LogP contribution >= 0.6 is 0 Å². The largest absolute Gasteiger partial charge is 0.461 e. The highest BCUT2D eigenvalue weighted by molar-refractivity contribution is 5.89. The van der Waals surface area contributed by atoms with Crippen LogP contribution in [0, 0.1) is 0 Å². The van der Waals surface area contributed by atoms with Crippen molar-refractivity contribution in [1.29, 1.82) is 0 Å². The minimum Gasteiger partial charge on any atom is -0.461 e. The van der Waals surface area contributed by atoms with Gasteiger partial charge in [-0.1, -0.05) is 6.07 Å². The molecule has 33 heavy (non-hydrogen) atoms. The first-order valence-corrected chi connectivity index (χ1v) is 10.8. The van der Waals surface area contributed by atoms with Crippen molar-refractivity contribution in [2.24, 2.45) is 0 Å². The monoisotopic (exact) mass is 450 g/mol. The number of amides is 2. The van der Waals surface area contributed by atoms with Gasteiger partial charge in [0, 0.05) is 43.3 Å². The molecule has 10 nitrogen and oxygen atoms in total. The predicted molar refractivity (Wildman–Crippen MR) is 123 cm³/mol. The van der Waals surface area contributed by atoms with E-state index in [1.54, 1.807) is 54.3 Å². The molecule has 0 radical (unpaired) electrons. The summed E-state index contributed by atoms with van der Waals surface area (Å²) in [4.78, 5) is 30.9. The van der Waals surface area contributed by atoms with Crippen LogP contribution in [0.3, 0.4) is 0 Å². The third-order valence-corrected chi connectivity index (χ3v) is 5.08. The van der Waals surface area contributed by atoms with Crippen LogP contribution in [0.4, 0.5) is 16.3 Å². The lowest BCUT2D eigenvalue weighted by Crippen LogP contribution is -2.38. The average Bonchev–Trinajstić information content (AvgIpc) is 3.35. The van der Waals surface area contributed by atoms with E-state index in [9.17, 15) is 9.59 Å². The molecule has 0 saturated carbocycles. The zero-order valence-electron chi connectivity index (χ0n) is 18.4. The molecule has 0 bridgehead atoms. The predicted octanol–water partition coefficient (Wildman–Crippen LogP) is 2.60. The lowest BCUT2D eigenvalue weighted by molar-refractivity contribution is 0.0519. The third kappa shape index (κ3) is 5.66. The van der Waals surface area contributed by atoms with E-state index in [2.05, 4.69) is 25.6 Å². The molecule has 3 heterocycles. The van der Waals surface area contributed by atoms with Crippen LogP contribution in [-0.2, 0) is 16.0 Å². The second-order valence-corrected chi connectivity index (χ2v) is 7.31. The molecule has 0 unspecified atom stereocenters. The molecule has 1 aliphatic heterocycles. The van der Waals surface area contributed by atoms with Crippen LogP contribution < -0.4 is 15.5 Å². The fourth-order valence-corrected chi connectivity index (χ4v) is 3.46. The number of carbonyl (C=O) groups is 2. The number of nitrogens with one attached hydrogen (secondary N) is 2. The lowest BCUT2D eigenvalue weighted by atomic mass is 10.2. The van der Waals surface area contributed by atoms with Gasteiger partial charge in [0.05, 0.1) is 25.5 Å². The molecule has 1 aromatic carbocycles. The van der Waals surface area contributed by atoms with Gasteiger partial charge < -0.3 is 25.0 Å². The average molecular weight is 450 g/mol. The summed E-state index contributed by atoms with van der Waals surface area (Å²) in [5.41, 5.74) is 2.57. The molecule has 2 N–H and O–H groups in total. The minimum atomic E-state index is -0.461. The van der Waals surface area contributed by atoms with Crippen molar-refractivity contribution < 1.29 is 19.1 Å². The van der Waals surface area contributed by atoms with E-state index in [1.807, 2.05) is 12.1 Å². The van der Waals surface area contributed by atoms with Gasteiger partial charge in [0.25, 0.3) is 0 Å². The molecule has 10 heteroatoms. The van der Waals surface area contributed by atoms with Gasteiger partial charge in [-0.2, -0.15) is 5.10 Å². The van der Waals surface area contributed by atoms with Gasteiger partial charge in [-0.05, 0) is 43.3 Å². The Morgan fingerprint density at radius 3 is 2.67 bits per heavy atom. The maximum Gasteiger partial charge on any atom is 0.358 e. The molecule has 2 aromatic heterocycles. The molecule has 4 rings (SSSR count). The summed E-state index contributed by atoms with van der Waals surface area (Å²) in [5, 5.41) is 9.93. The highest BCUT2D eigenvalue weighted by Gasteiger charge is 2.16. The van der Waals surface area contributed by atoms with E-state index in [0.717, 1.165) is 30.2 Å². The summed E-state index contributed by atoms with van der Waals surface area (Å²) in [6.45, 7) is 5.29. The normalized spacial score (nSPS) is 13.4. The maximum absolute atomic E-state index is 12.4. The number of hydrogen-bond donors (Lipinski definition) is 2. The molecule has 1 fully saturated rings. The van der Waals surface area contributed by atoms with E-state index < -0.39 is 5.97 Å². The molecule has 2 amide bonds. The number of carbonyl (C=O) groups excluding carboxylic acids is 2. The molecule has 0 spiro atoms. The number of rotatable bonds is 7. The standard InChI is InChI=1S/C23H26N6O4/c1-2-33-22(30)20-9-11-29(27-20)19-7-5-18(6-8-19)26-23(31)25-16-17-4-3-10-24-21(17)28-12-14-32-15-13-28/h3-11H,2,12-16H2,1H3,(H2,25,26,31). The third-order valence-electron chi connectivity index (χ3n) is 5.08. The smallest absolute Gasteiger partial charge is 0.358 e. The van der Waals surface area contributed by atoms with Crippen LogP contribution in [0.1, 0.15) is 23.0 Å². The molecule has 3 aromatic rings. The van der Waals surface area contributed by atoms with Crippen molar-refractivity contribution >= 4 is 23.5 Å². The number of morpholine rings is 1. The number of hydrogen-bond acceptors (Lipinski definition) is 7. The van der Waals surface area contributed by atoms with Gasteiger partial charge in [0.1, 0.15) is 5.82 Å². The Hall–Kier alpha value is -3.92. The van der Waals surface area contributed by atoms with Crippen LogP contribution in [0.2, 0.25) is 0 Å². The second-order valence-electron chi connectivity index (χ2n) is 7.31. The Morgan fingerprint density at radius 2 is 1.91 bits per heavy atom. The lowest BCUT2D eigenvalue weighted by Gasteiger charge is -2.29. The molecule has 1 aliphatic rings. The van der Waals surface area contributed by atoms with Crippen molar-refractivity contribution in [3.8, 4) is 5.69 Å². The zero-order chi connectivity index (χ0) is 23.0. The second kappa shape index (κ2) is 10.6. The number of ether oxygens (including phenoxy) is 2. The fourth-order valence-electron chi connectivity index (χ4n) is 3.46. The number of nitrogens with zero attached hydrogens (tertiary/aromatic N) is 4. The summed E-state index contributed by atoms with van der Waals surface area (Å²) in [7, 11) is 0. The SMILES string of the molecule is CCOC(=O)c1ccn(-c2ccc(NC(=O)NCc3cccnc3N3CCOCC3)cc2)n1. The quantitative estimate of drug-likeness (QED) is 0.532. The van der Waals surface area contributed by atoms with Crippen molar-refractivity contribution in [2.75, 3.05) is 43.1 Å². The Kier molecular flexibility index (Phi) is 7.16. The van der Waals surface area contributed by atoms with Gasteiger partial charge in [0.2, 0.25) is 0 Å². The Labute approximate surface area is 191 Å². The van der Waals surface area contributed by atoms with Crippen molar-refractivity contribution in [2.45, 2.75) is 13.5 Å². The van der Waals surface area contributed by atoms with E-state index in [0.29, 0.717) is 32.1 Å². The Bertz CT molecular complexity index is 1090. The van der Waals surface area contributed by atoms with Crippen LogP contribution in [0.5, 0.6) is 0 Å². The first kappa shape index (κ1) is 22.3. The van der Waals surface area contributed by atoms with Gasteiger partial charge in [0.15, 0.2) is 5.69 Å². The molecule has 1 saturated heterocycles. The van der Waals surface area contributed by atoms with E-state index >= 15 is 0 Å². The number of esters is 1. The summed E-state index contributed by atoms with van der Waals surface area (Å²) in [6, 6.07) is 12.2. The first-order valence-electron chi connectivity index (χ1n) is 10.8. The highest BCUT2D eigenvalue weighted by atomic mass is 16.5. The van der Waals surface area contributed by atoms with Crippen LogP contribution in [0.25, 0.3) is 5.69 Å². The van der Waals surface area contributed by atoms with Crippen molar-refractivity contribution in [3.05, 3.63) is 66.1 Å². The number of urea groups is 1. The molecular formula is C23H26N6O4. The zero-order valence-corrected chi connectivity index (χ0v) is 18.4. The molecule has 172 valence electrons. The van der Waals surface area contributed by atoms with E-state index in [4.69, 9.17) is 9.47 Å². The first-order chi connectivity index (χ1) is 16.1. The van der Waals surface area contributed by atoms with Gasteiger partial charge in [-0.15, -0.1) is 0 Å². The topological polar surface area (TPSA) is 111 Å². The summed E-state index contributed by atoms with van der Waals surface area (Å²) in [6.07, 6.45) is 3.44. The molecular weight excluding hydrogens is 424 g/mol. The molecule has 0 atom stereocenters. The van der Waals surface area contributed by atoms with Crippen molar-refractivity contribution in [3.63, 3.8) is 0 Å². The maximum atomic E-state index is 12.4. The van der Waals surface area contributed by atoms with E-state index in [1.165, 1.54) is 0 Å². The fraction of sp³-hybridized carbons (Fsp3) is 0.304. The highest BCUT2D eigenvalue weighted by Crippen LogP contribution is 2.18. The van der Waals surface area contributed by atoms with Crippen LogP contribution in [-0.4, -0.2) is 59.7 Å². The van der Waals surface area contributed by atoms with Gasteiger partial charge in [-0.25, -0.2) is 19.3 Å². The number of aromatic nitrogens is 3.